The predicted octanol–water partition coefficient (Wildman–Crippen LogP) is 4.17. The minimum atomic E-state index is -0.00316. The number of fused-ring (bicyclic) bond motifs is 1. The minimum Gasteiger partial charge on any atom is -0.371 e. The van der Waals surface area contributed by atoms with Gasteiger partial charge in [-0.2, -0.15) is 4.98 Å². The van der Waals surface area contributed by atoms with E-state index in [4.69, 9.17) is 16.1 Å². The summed E-state index contributed by atoms with van der Waals surface area (Å²) in [5, 5.41) is 7.89. The topological polar surface area (TPSA) is 74.5 Å². The molecule has 0 bridgehead atoms. The number of piperidine rings is 1. The van der Waals surface area contributed by atoms with Crippen molar-refractivity contribution in [3.8, 4) is 11.4 Å². The Morgan fingerprint density at radius 2 is 2.09 bits per heavy atom. The number of carbonyl (C=O) groups excluding carboxylic acids is 1. The van der Waals surface area contributed by atoms with Crippen LogP contribution in [0.4, 0.5) is 5.69 Å². The molecule has 8 heteroatoms. The number of nitrogens with one attached hydrogen (secondary N) is 1. The van der Waals surface area contributed by atoms with Crippen molar-refractivity contribution in [2.45, 2.75) is 32.2 Å². The van der Waals surface area contributed by atoms with Gasteiger partial charge >= 0.3 is 0 Å². The van der Waals surface area contributed by atoms with Crippen LogP contribution in [0, 0.1) is 5.92 Å². The van der Waals surface area contributed by atoms with E-state index < -0.39 is 0 Å². The first kappa shape index (κ1) is 22.9. The van der Waals surface area contributed by atoms with E-state index in [1.807, 2.05) is 24.3 Å². The SMILES string of the molecule is O=C(NCCCN1CCc2ccccc21)C1CCCN(Cc2nc(-c3cccc(Cl)c3)no2)C1. The standard InChI is InChI=1S/C26H30ClN5O2/c27-22-9-3-7-20(16-22)25-29-24(34-30-25)18-31-13-4-8-21(17-31)26(33)28-12-5-14-32-15-11-19-6-1-2-10-23(19)32/h1-3,6-7,9-10,16,21H,4-5,8,11-15,17-18H2,(H,28,33). The number of nitrogens with zero attached hydrogens (tertiary/aromatic N) is 4. The molecule has 1 unspecified atom stereocenters. The Bertz CT molecular complexity index is 1130. The maximum Gasteiger partial charge on any atom is 0.241 e. The van der Waals surface area contributed by atoms with E-state index in [0.29, 0.717) is 36.4 Å². The number of benzene rings is 2. The molecule has 1 amide bonds. The highest BCUT2D eigenvalue weighted by molar-refractivity contribution is 6.30. The maximum atomic E-state index is 12.8. The number of anilines is 1. The molecule has 2 aromatic carbocycles. The zero-order valence-electron chi connectivity index (χ0n) is 19.3. The Kier molecular flexibility index (Phi) is 7.11. The molecule has 5 rings (SSSR count). The van der Waals surface area contributed by atoms with E-state index >= 15 is 0 Å². The van der Waals surface area contributed by atoms with Crippen LogP contribution in [-0.4, -0.2) is 53.7 Å². The molecule has 1 N–H and O–H groups in total. The summed E-state index contributed by atoms with van der Waals surface area (Å²) in [6.45, 7) is 4.93. The van der Waals surface area contributed by atoms with E-state index in [1.165, 1.54) is 11.3 Å². The zero-order valence-corrected chi connectivity index (χ0v) is 20.0. The largest absolute Gasteiger partial charge is 0.371 e. The molecule has 2 aliphatic rings. The summed E-state index contributed by atoms with van der Waals surface area (Å²) in [6, 6.07) is 16.0. The number of rotatable bonds is 8. The van der Waals surface area contributed by atoms with Crippen molar-refractivity contribution in [3.05, 3.63) is 65.0 Å². The van der Waals surface area contributed by atoms with Crippen LogP contribution in [0.1, 0.15) is 30.7 Å². The van der Waals surface area contributed by atoms with Gasteiger partial charge in [0.05, 0.1) is 12.5 Å². The molecule has 0 saturated carbocycles. The highest BCUT2D eigenvalue weighted by atomic mass is 35.5. The molecule has 178 valence electrons. The van der Waals surface area contributed by atoms with Crippen LogP contribution in [-0.2, 0) is 17.8 Å². The summed E-state index contributed by atoms with van der Waals surface area (Å²) in [6.07, 6.45) is 3.96. The fourth-order valence-electron chi connectivity index (χ4n) is 4.93. The lowest BCUT2D eigenvalue weighted by molar-refractivity contribution is -0.126. The van der Waals surface area contributed by atoms with Crippen LogP contribution in [0.3, 0.4) is 0 Å². The lowest BCUT2D eigenvalue weighted by Gasteiger charge is -2.31. The number of likely N-dealkylation sites (tertiary alicyclic amines) is 1. The van der Waals surface area contributed by atoms with E-state index in [-0.39, 0.29) is 11.8 Å². The molecule has 3 heterocycles. The van der Waals surface area contributed by atoms with Crippen LogP contribution in [0.15, 0.2) is 53.1 Å². The van der Waals surface area contributed by atoms with Gasteiger partial charge in [0.25, 0.3) is 0 Å². The normalized spacial score (nSPS) is 18.1. The van der Waals surface area contributed by atoms with Gasteiger partial charge in [-0.25, -0.2) is 0 Å². The molecule has 1 aromatic heterocycles. The second-order valence-corrected chi connectivity index (χ2v) is 9.54. The first-order valence-corrected chi connectivity index (χ1v) is 12.4. The summed E-state index contributed by atoms with van der Waals surface area (Å²) in [7, 11) is 0. The quantitative estimate of drug-likeness (QED) is 0.489. The summed E-state index contributed by atoms with van der Waals surface area (Å²) in [4.78, 5) is 22.0. The number of aromatic nitrogens is 2. The number of carbonyl (C=O) groups is 1. The van der Waals surface area contributed by atoms with E-state index in [9.17, 15) is 4.79 Å². The van der Waals surface area contributed by atoms with Crippen molar-refractivity contribution in [1.29, 1.82) is 0 Å². The number of halogens is 1. The van der Waals surface area contributed by atoms with Gasteiger partial charge in [0, 0.05) is 42.5 Å². The smallest absolute Gasteiger partial charge is 0.241 e. The molecule has 1 saturated heterocycles. The monoisotopic (exact) mass is 479 g/mol. The lowest BCUT2D eigenvalue weighted by atomic mass is 9.97. The molecule has 7 nitrogen and oxygen atoms in total. The van der Waals surface area contributed by atoms with Crippen LogP contribution in [0.2, 0.25) is 5.02 Å². The highest BCUT2D eigenvalue weighted by Crippen LogP contribution is 2.27. The van der Waals surface area contributed by atoms with Crippen molar-refractivity contribution in [2.24, 2.45) is 5.92 Å². The molecule has 0 aliphatic carbocycles. The molecule has 1 atom stereocenters. The third kappa shape index (κ3) is 5.42. The highest BCUT2D eigenvalue weighted by Gasteiger charge is 2.27. The van der Waals surface area contributed by atoms with Gasteiger partial charge in [-0.3, -0.25) is 9.69 Å². The molecule has 34 heavy (non-hydrogen) atoms. The Morgan fingerprint density at radius 3 is 3.00 bits per heavy atom. The third-order valence-corrected chi connectivity index (χ3v) is 6.91. The van der Waals surface area contributed by atoms with Gasteiger partial charge in [0.2, 0.25) is 17.6 Å². The Hall–Kier alpha value is -2.90. The van der Waals surface area contributed by atoms with Crippen molar-refractivity contribution in [2.75, 3.05) is 37.6 Å². The van der Waals surface area contributed by atoms with Gasteiger partial charge in [0.15, 0.2) is 0 Å². The van der Waals surface area contributed by atoms with E-state index in [2.05, 4.69) is 49.5 Å². The average Bonchev–Trinajstić information content (AvgIpc) is 3.49. The van der Waals surface area contributed by atoms with Crippen molar-refractivity contribution >= 4 is 23.2 Å². The molecule has 3 aromatic rings. The minimum absolute atomic E-state index is 0.00316. The third-order valence-electron chi connectivity index (χ3n) is 6.67. The first-order valence-electron chi connectivity index (χ1n) is 12.1. The summed E-state index contributed by atoms with van der Waals surface area (Å²) in [5.41, 5.74) is 3.60. The van der Waals surface area contributed by atoms with Gasteiger partial charge in [-0.15, -0.1) is 0 Å². The average molecular weight is 480 g/mol. The van der Waals surface area contributed by atoms with Gasteiger partial charge in [-0.1, -0.05) is 47.1 Å². The number of hydrogen-bond acceptors (Lipinski definition) is 6. The van der Waals surface area contributed by atoms with Gasteiger partial charge in [0.1, 0.15) is 0 Å². The van der Waals surface area contributed by atoms with E-state index in [0.717, 1.165) is 50.9 Å². The predicted molar refractivity (Wildman–Crippen MR) is 133 cm³/mol. The zero-order chi connectivity index (χ0) is 23.3. The van der Waals surface area contributed by atoms with Crippen molar-refractivity contribution in [3.63, 3.8) is 0 Å². The summed E-state index contributed by atoms with van der Waals surface area (Å²) < 4.78 is 5.46. The second-order valence-electron chi connectivity index (χ2n) is 9.11. The first-order chi connectivity index (χ1) is 16.7. The second kappa shape index (κ2) is 10.6. The van der Waals surface area contributed by atoms with Crippen molar-refractivity contribution in [1.82, 2.24) is 20.4 Å². The number of amides is 1. The Balaban J connectivity index is 1.07. The molecule has 0 radical (unpaired) electrons. The van der Waals surface area contributed by atoms with Gasteiger partial charge in [-0.05, 0) is 56.0 Å². The molecule has 2 aliphatic heterocycles. The summed E-state index contributed by atoms with van der Waals surface area (Å²) in [5.74, 6) is 1.24. The Labute approximate surface area is 205 Å². The van der Waals surface area contributed by atoms with Crippen LogP contribution in [0.25, 0.3) is 11.4 Å². The number of hydrogen-bond donors (Lipinski definition) is 1. The van der Waals surface area contributed by atoms with Crippen LogP contribution < -0.4 is 10.2 Å². The fourth-order valence-corrected chi connectivity index (χ4v) is 5.12. The molecule has 1 fully saturated rings. The fraction of sp³-hybridized carbons (Fsp3) is 0.423. The van der Waals surface area contributed by atoms with E-state index in [1.54, 1.807) is 0 Å². The van der Waals surface area contributed by atoms with Crippen LogP contribution in [0.5, 0.6) is 0 Å². The molecular formula is C26H30ClN5O2. The Morgan fingerprint density at radius 1 is 1.18 bits per heavy atom. The molecule has 0 spiro atoms. The molecular weight excluding hydrogens is 450 g/mol. The lowest BCUT2D eigenvalue weighted by Crippen LogP contribution is -2.43. The van der Waals surface area contributed by atoms with Crippen LogP contribution >= 0.6 is 11.6 Å². The maximum absolute atomic E-state index is 12.8. The summed E-state index contributed by atoms with van der Waals surface area (Å²) >= 11 is 6.07. The van der Waals surface area contributed by atoms with Crippen molar-refractivity contribution < 1.29 is 9.32 Å². The number of para-hydroxylation sites is 1. The van der Waals surface area contributed by atoms with Gasteiger partial charge < -0.3 is 14.7 Å².